The van der Waals surface area contributed by atoms with E-state index in [0.717, 1.165) is 30.5 Å². The molecule has 0 saturated heterocycles. The Balaban J connectivity index is 1.61. The standard InChI is InChI=1S/C30H30F3NO5/c1-2-3-7-19-12-27(36)25(28(37)13-19)17-34-16-21(24-15-22(30(31,32)33)10-11-26(24)34)14-23(35)18-39-29(38)20-8-5-4-6-9-20/h4-6,8-13,15-16,23,35-37H,2-3,7,14,17-18H2,1H3/t23-/m0/s1. The number of alkyl halides is 3. The van der Waals surface area contributed by atoms with Crippen LogP contribution in [0, 0.1) is 0 Å². The van der Waals surface area contributed by atoms with Crippen LogP contribution in [0.15, 0.2) is 66.9 Å². The molecule has 6 nitrogen and oxygen atoms in total. The van der Waals surface area contributed by atoms with Gasteiger partial charge in [-0.1, -0.05) is 31.5 Å². The van der Waals surface area contributed by atoms with E-state index in [4.69, 9.17) is 4.74 Å². The summed E-state index contributed by atoms with van der Waals surface area (Å²) < 4.78 is 47.3. The molecule has 0 saturated carbocycles. The molecule has 1 heterocycles. The number of aliphatic hydroxyl groups excluding tert-OH is 1. The number of esters is 1. The Hall–Kier alpha value is -3.98. The van der Waals surface area contributed by atoms with Gasteiger partial charge in [-0.25, -0.2) is 4.79 Å². The Labute approximate surface area is 223 Å². The van der Waals surface area contributed by atoms with Gasteiger partial charge in [-0.05, 0) is 66.4 Å². The first-order valence-electron chi connectivity index (χ1n) is 12.7. The number of halogens is 3. The maximum atomic E-state index is 13.5. The van der Waals surface area contributed by atoms with Crippen molar-refractivity contribution in [2.45, 2.75) is 51.4 Å². The summed E-state index contributed by atoms with van der Waals surface area (Å²) in [4.78, 5) is 12.2. The highest BCUT2D eigenvalue weighted by molar-refractivity contribution is 5.89. The number of carbonyl (C=O) groups excluding carboxylic acids is 1. The van der Waals surface area contributed by atoms with Crippen molar-refractivity contribution in [3.05, 3.63) is 94.7 Å². The smallest absolute Gasteiger partial charge is 0.416 e. The van der Waals surface area contributed by atoms with Crippen molar-refractivity contribution in [2.24, 2.45) is 0 Å². The summed E-state index contributed by atoms with van der Waals surface area (Å²) in [7, 11) is 0. The minimum Gasteiger partial charge on any atom is -0.507 e. The molecule has 0 fully saturated rings. The summed E-state index contributed by atoms with van der Waals surface area (Å²) >= 11 is 0. The van der Waals surface area contributed by atoms with Crippen LogP contribution in [-0.4, -0.2) is 38.6 Å². The maximum absolute atomic E-state index is 13.5. The quantitative estimate of drug-likeness (QED) is 0.207. The molecule has 0 aliphatic carbocycles. The van der Waals surface area contributed by atoms with E-state index in [1.54, 1.807) is 53.2 Å². The normalized spacial score (nSPS) is 12.5. The Morgan fingerprint density at radius 1 is 1.03 bits per heavy atom. The monoisotopic (exact) mass is 541 g/mol. The lowest BCUT2D eigenvalue weighted by molar-refractivity contribution is -0.137. The van der Waals surface area contributed by atoms with Gasteiger partial charge in [-0.15, -0.1) is 0 Å². The van der Waals surface area contributed by atoms with E-state index in [1.807, 2.05) is 6.92 Å². The number of unbranched alkanes of at least 4 members (excludes halogenated alkanes) is 1. The Morgan fingerprint density at radius 3 is 2.36 bits per heavy atom. The number of aryl methyl sites for hydroxylation is 1. The molecule has 0 spiro atoms. The van der Waals surface area contributed by atoms with Gasteiger partial charge in [0.2, 0.25) is 0 Å². The van der Waals surface area contributed by atoms with E-state index < -0.39 is 23.8 Å². The third-order valence-corrected chi connectivity index (χ3v) is 6.57. The molecule has 9 heteroatoms. The van der Waals surface area contributed by atoms with Crippen molar-refractivity contribution < 1.29 is 38.0 Å². The lowest BCUT2D eigenvalue weighted by Gasteiger charge is -2.12. The molecule has 0 aliphatic rings. The van der Waals surface area contributed by atoms with Crippen LogP contribution in [0.4, 0.5) is 13.2 Å². The number of aliphatic hydroxyl groups is 1. The second-order valence-corrected chi connectivity index (χ2v) is 9.55. The number of benzene rings is 3. The number of ether oxygens (including phenoxy) is 1. The molecular weight excluding hydrogens is 511 g/mol. The second-order valence-electron chi connectivity index (χ2n) is 9.55. The number of aromatic hydroxyl groups is 2. The molecule has 0 radical (unpaired) electrons. The summed E-state index contributed by atoms with van der Waals surface area (Å²) in [5, 5.41) is 32.1. The van der Waals surface area contributed by atoms with Gasteiger partial charge in [0.15, 0.2) is 0 Å². The fraction of sp³-hybridized carbons (Fsp3) is 0.300. The van der Waals surface area contributed by atoms with E-state index in [0.29, 0.717) is 23.1 Å². The molecule has 0 aliphatic heterocycles. The van der Waals surface area contributed by atoms with E-state index in [2.05, 4.69) is 0 Å². The molecule has 39 heavy (non-hydrogen) atoms. The van der Waals surface area contributed by atoms with Crippen molar-refractivity contribution >= 4 is 16.9 Å². The molecular formula is C30H30F3NO5. The number of nitrogens with zero attached hydrogens (tertiary/aromatic N) is 1. The highest BCUT2D eigenvalue weighted by Gasteiger charge is 2.31. The Bertz CT molecular complexity index is 1420. The minimum atomic E-state index is -4.57. The number of aromatic nitrogens is 1. The zero-order chi connectivity index (χ0) is 28.2. The Morgan fingerprint density at radius 2 is 1.72 bits per heavy atom. The van der Waals surface area contributed by atoms with Crippen LogP contribution in [-0.2, 0) is 30.3 Å². The molecule has 0 amide bonds. The number of phenolic OH excluding ortho intramolecular Hbond substituents is 2. The number of fused-ring (bicyclic) bond motifs is 1. The molecule has 1 atom stereocenters. The average Bonchev–Trinajstić information content (AvgIpc) is 3.24. The zero-order valence-electron chi connectivity index (χ0n) is 21.4. The first kappa shape index (κ1) is 28.0. The van der Waals surface area contributed by atoms with E-state index >= 15 is 0 Å². The van der Waals surface area contributed by atoms with Crippen molar-refractivity contribution in [3.63, 3.8) is 0 Å². The Kier molecular flexibility index (Phi) is 8.50. The minimum absolute atomic E-state index is 0.00726. The summed E-state index contributed by atoms with van der Waals surface area (Å²) in [6, 6.07) is 14.7. The number of phenols is 2. The van der Waals surface area contributed by atoms with Crippen LogP contribution < -0.4 is 0 Å². The van der Waals surface area contributed by atoms with Gasteiger partial charge in [0.25, 0.3) is 0 Å². The van der Waals surface area contributed by atoms with Crippen LogP contribution in [0.2, 0.25) is 0 Å². The van der Waals surface area contributed by atoms with Crippen molar-refractivity contribution in [1.29, 1.82) is 0 Å². The topological polar surface area (TPSA) is 91.9 Å². The van der Waals surface area contributed by atoms with Gasteiger partial charge in [-0.2, -0.15) is 13.2 Å². The summed E-state index contributed by atoms with van der Waals surface area (Å²) in [5.74, 6) is -0.835. The highest BCUT2D eigenvalue weighted by Crippen LogP contribution is 2.36. The third-order valence-electron chi connectivity index (χ3n) is 6.57. The predicted molar refractivity (Wildman–Crippen MR) is 141 cm³/mol. The van der Waals surface area contributed by atoms with Crippen LogP contribution in [0.1, 0.15) is 52.4 Å². The van der Waals surface area contributed by atoms with Gasteiger partial charge in [0, 0.05) is 23.5 Å². The van der Waals surface area contributed by atoms with Crippen molar-refractivity contribution in [2.75, 3.05) is 6.61 Å². The van der Waals surface area contributed by atoms with Crippen molar-refractivity contribution in [3.8, 4) is 11.5 Å². The zero-order valence-corrected chi connectivity index (χ0v) is 21.4. The summed E-state index contributed by atoms with van der Waals surface area (Å²) in [6.45, 7) is 1.68. The van der Waals surface area contributed by atoms with Gasteiger partial charge in [-0.3, -0.25) is 0 Å². The molecule has 4 rings (SSSR count). The molecule has 3 N–H and O–H groups in total. The van der Waals surface area contributed by atoms with E-state index in [-0.39, 0.29) is 42.0 Å². The first-order chi connectivity index (χ1) is 18.6. The van der Waals surface area contributed by atoms with E-state index in [1.165, 1.54) is 6.07 Å². The second kappa shape index (κ2) is 11.8. The number of hydrogen-bond acceptors (Lipinski definition) is 5. The number of hydrogen-bond donors (Lipinski definition) is 3. The lowest BCUT2D eigenvalue weighted by atomic mass is 10.0. The van der Waals surface area contributed by atoms with Crippen LogP contribution >= 0.6 is 0 Å². The predicted octanol–water partition coefficient (Wildman–Crippen LogP) is 6.22. The lowest BCUT2D eigenvalue weighted by Crippen LogP contribution is -2.21. The summed E-state index contributed by atoms with van der Waals surface area (Å²) in [5.41, 5.74) is 1.33. The third kappa shape index (κ3) is 6.72. The molecule has 3 aromatic carbocycles. The largest absolute Gasteiger partial charge is 0.507 e. The fourth-order valence-corrected chi connectivity index (χ4v) is 4.54. The molecule has 0 unspecified atom stereocenters. The molecule has 206 valence electrons. The molecule has 0 bridgehead atoms. The first-order valence-corrected chi connectivity index (χ1v) is 12.7. The van der Waals surface area contributed by atoms with Crippen LogP contribution in [0.25, 0.3) is 10.9 Å². The van der Waals surface area contributed by atoms with Gasteiger partial charge in [0.1, 0.15) is 18.1 Å². The van der Waals surface area contributed by atoms with Gasteiger partial charge < -0.3 is 24.6 Å². The average molecular weight is 542 g/mol. The van der Waals surface area contributed by atoms with Crippen LogP contribution in [0.3, 0.4) is 0 Å². The van der Waals surface area contributed by atoms with Crippen molar-refractivity contribution in [1.82, 2.24) is 4.57 Å². The molecule has 4 aromatic rings. The fourth-order valence-electron chi connectivity index (χ4n) is 4.54. The number of carbonyl (C=O) groups is 1. The van der Waals surface area contributed by atoms with E-state index in [9.17, 15) is 33.3 Å². The van der Waals surface area contributed by atoms with Gasteiger partial charge in [0.05, 0.1) is 29.3 Å². The highest BCUT2D eigenvalue weighted by atomic mass is 19.4. The number of rotatable bonds is 10. The van der Waals surface area contributed by atoms with Crippen LogP contribution in [0.5, 0.6) is 11.5 Å². The summed E-state index contributed by atoms with van der Waals surface area (Å²) in [6.07, 6.45) is -1.69. The maximum Gasteiger partial charge on any atom is 0.416 e. The molecule has 1 aromatic heterocycles. The SMILES string of the molecule is CCCCc1cc(O)c(Cn2cc(C[C@H](O)COC(=O)c3ccccc3)c3cc(C(F)(F)F)ccc32)c(O)c1. The van der Waals surface area contributed by atoms with Gasteiger partial charge >= 0.3 is 12.1 Å².